The maximum atomic E-state index is 13.8. The van der Waals surface area contributed by atoms with Gasteiger partial charge in [0.05, 0.1) is 6.61 Å². The fraction of sp³-hybridized carbons (Fsp3) is 0.720. The first-order chi connectivity index (χ1) is 27.2. The number of pyridine rings is 2. The number of carbonyl (C=O) groups is 2. The van der Waals surface area contributed by atoms with Crippen LogP contribution in [-0.4, -0.2) is 52.8 Å². The summed E-state index contributed by atoms with van der Waals surface area (Å²) in [6.45, 7) is 24.1. The molecule has 0 N–H and O–H groups in total. The predicted octanol–water partition coefficient (Wildman–Crippen LogP) is 3.34. The Morgan fingerprint density at radius 1 is 0.717 bits per heavy atom. The van der Waals surface area contributed by atoms with Crippen molar-refractivity contribution in [2.75, 3.05) is 44.6 Å². The van der Waals surface area contributed by atoms with E-state index in [-0.39, 0.29) is 82.0 Å². The molecule has 2 heterocycles. The Bertz CT molecular complexity index is 1870. The van der Waals surface area contributed by atoms with Crippen LogP contribution in [0, 0.1) is 56.7 Å². The number of anilines is 2. The lowest BCUT2D eigenvalue weighted by Gasteiger charge is -2.73. The maximum absolute atomic E-state index is 13.8. The largest absolute Gasteiger partial charge is 1.00 e. The zero-order valence-corrected chi connectivity index (χ0v) is 40.4. The summed E-state index contributed by atoms with van der Waals surface area (Å²) in [5.41, 5.74) is 3.99. The summed E-state index contributed by atoms with van der Waals surface area (Å²) in [7, 11) is 8.11. The summed E-state index contributed by atoms with van der Waals surface area (Å²) in [5, 5.41) is 0. The van der Waals surface area contributed by atoms with Gasteiger partial charge in [-0.2, -0.15) is 9.13 Å². The lowest BCUT2D eigenvalue weighted by atomic mass is 9.32. The highest BCUT2D eigenvalue weighted by Crippen LogP contribution is 2.77. The topological polar surface area (TPSA) is 66.8 Å². The van der Waals surface area contributed by atoms with E-state index in [9.17, 15) is 9.59 Å². The van der Waals surface area contributed by atoms with Crippen LogP contribution in [0.15, 0.2) is 61.2 Å². The molecule has 0 radical (unpaired) electrons. The average molecular weight is 868 g/mol. The Morgan fingerprint density at radius 2 is 1.27 bits per heavy atom. The summed E-state index contributed by atoms with van der Waals surface area (Å²) >= 11 is 0. The van der Waals surface area contributed by atoms with Gasteiger partial charge in [-0.05, 0) is 117 Å². The lowest BCUT2D eigenvalue weighted by molar-refractivity contribution is -0.707. The van der Waals surface area contributed by atoms with Gasteiger partial charge in [-0.3, -0.25) is 0 Å². The molecule has 2 unspecified atom stereocenters. The van der Waals surface area contributed by atoms with Gasteiger partial charge in [-0.1, -0.05) is 46.8 Å². The molecule has 8 nitrogen and oxygen atoms in total. The number of nitrogens with zero attached hydrogens (tertiary/aromatic N) is 4. The number of hydrogen-bond donors (Lipinski definition) is 0. The van der Waals surface area contributed by atoms with E-state index in [1.54, 1.807) is 0 Å². The second kappa shape index (κ2) is 17.4. The molecule has 12 atom stereocenters. The first-order valence-corrected chi connectivity index (χ1v) is 22.6. The van der Waals surface area contributed by atoms with Gasteiger partial charge in [0.1, 0.15) is 6.10 Å². The van der Waals surface area contributed by atoms with Crippen LogP contribution in [0.5, 0.6) is 0 Å². The van der Waals surface area contributed by atoms with Gasteiger partial charge in [0.15, 0.2) is 24.8 Å². The number of rotatable bonds is 10. The molecule has 60 heavy (non-hydrogen) atoms. The first-order valence-electron chi connectivity index (χ1n) is 22.6. The summed E-state index contributed by atoms with van der Waals surface area (Å²) in [5.74, 6) is 2.36. The number of halogens is 2. The number of allylic oxidation sites excluding steroid dienone is 1. The maximum Gasteiger partial charge on any atom is 0.375 e. The molecule has 5 fully saturated rings. The minimum absolute atomic E-state index is 0. The second-order valence-corrected chi connectivity index (χ2v) is 21.6. The molecule has 5 aliphatic rings. The number of esters is 2. The van der Waals surface area contributed by atoms with Crippen LogP contribution in [0.25, 0.3) is 0 Å². The van der Waals surface area contributed by atoms with Crippen LogP contribution < -0.4 is 43.7 Å². The van der Waals surface area contributed by atoms with Crippen LogP contribution in [-0.2, 0) is 19.1 Å². The molecule has 0 spiro atoms. The zero-order valence-electron chi connectivity index (χ0n) is 38.9. The molecular formula is C50H76Cl2N4O4. The SMILES string of the molecule is C=C(C)[C@@H]1CC[C@]2(COC(=O)C(C)[n+]3ccc(N(C)C)cc3)CC[C@]3(C)[C@H](CC[C@@H]4[C@@]5(C)CC[C@H](OC(=O)C(C)[n+]6ccc(N(C)C)cc6)C(C)(C)[C@@H]5CC[C@]43C)[C@@H]12.[Cl-].[Cl-]. The second-order valence-electron chi connectivity index (χ2n) is 21.6. The van der Waals surface area contributed by atoms with Crippen molar-refractivity contribution in [2.24, 2.45) is 56.7 Å². The molecular weight excluding hydrogens is 791 g/mol. The molecule has 10 heteroatoms. The predicted molar refractivity (Wildman–Crippen MR) is 231 cm³/mol. The summed E-state index contributed by atoms with van der Waals surface area (Å²) in [6, 6.07) is 7.44. The van der Waals surface area contributed by atoms with Crippen LogP contribution in [0.2, 0.25) is 0 Å². The van der Waals surface area contributed by atoms with Crippen LogP contribution >= 0.6 is 0 Å². The average Bonchev–Trinajstić information content (AvgIpc) is 3.58. The van der Waals surface area contributed by atoms with Gasteiger partial charge in [-0.25, -0.2) is 9.59 Å². The zero-order chi connectivity index (χ0) is 42.2. The molecule has 334 valence electrons. The Balaban J connectivity index is 0.00000341. The number of carbonyl (C=O) groups excluding carboxylic acids is 2. The third-order valence-corrected chi connectivity index (χ3v) is 18.2. The highest BCUT2D eigenvalue weighted by molar-refractivity contribution is 5.72. The van der Waals surface area contributed by atoms with Gasteiger partial charge in [0, 0.05) is 88.5 Å². The molecule has 0 amide bonds. The molecule has 0 bridgehead atoms. The first kappa shape index (κ1) is 48.2. The van der Waals surface area contributed by atoms with Crippen molar-refractivity contribution in [3.63, 3.8) is 0 Å². The van der Waals surface area contributed by atoms with E-state index in [0.29, 0.717) is 36.2 Å². The smallest absolute Gasteiger partial charge is 0.375 e. The molecule has 7 rings (SSSR count). The van der Waals surface area contributed by atoms with Crippen molar-refractivity contribution in [2.45, 2.75) is 138 Å². The highest BCUT2D eigenvalue weighted by atomic mass is 35.5. The summed E-state index contributed by atoms with van der Waals surface area (Å²) in [6.07, 6.45) is 19.3. The van der Waals surface area contributed by atoms with Crippen molar-refractivity contribution < 1.29 is 53.0 Å². The number of ether oxygens (including phenoxy) is 2. The highest BCUT2D eigenvalue weighted by Gasteiger charge is 2.71. The van der Waals surface area contributed by atoms with E-state index in [1.807, 2.05) is 88.1 Å². The monoisotopic (exact) mass is 867 g/mol. The summed E-state index contributed by atoms with van der Waals surface area (Å²) in [4.78, 5) is 31.6. The summed E-state index contributed by atoms with van der Waals surface area (Å²) < 4.78 is 16.9. The third-order valence-electron chi connectivity index (χ3n) is 18.2. The quantitative estimate of drug-likeness (QED) is 0.208. The van der Waals surface area contributed by atoms with E-state index in [1.165, 1.54) is 37.7 Å². The van der Waals surface area contributed by atoms with E-state index >= 15 is 0 Å². The van der Waals surface area contributed by atoms with Crippen molar-refractivity contribution in [3.8, 4) is 0 Å². The van der Waals surface area contributed by atoms with Crippen LogP contribution in [0.3, 0.4) is 0 Å². The number of fused-ring (bicyclic) bond motifs is 7. The molecule has 2 aromatic heterocycles. The van der Waals surface area contributed by atoms with Crippen LogP contribution in [0.4, 0.5) is 11.4 Å². The lowest BCUT2D eigenvalue weighted by Crippen LogP contribution is -3.00. The van der Waals surface area contributed by atoms with Crippen molar-refractivity contribution in [1.82, 2.24) is 0 Å². The van der Waals surface area contributed by atoms with E-state index < -0.39 is 0 Å². The van der Waals surface area contributed by atoms with Gasteiger partial charge in [0.25, 0.3) is 12.1 Å². The molecule has 5 aliphatic carbocycles. The normalized spacial score (nSPS) is 35.9. The Labute approximate surface area is 375 Å². The molecule has 2 aromatic rings. The van der Waals surface area contributed by atoms with Gasteiger partial charge < -0.3 is 44.1 Å². The molecule has 0 saturated heterocycles. The minimum Gasteiger partial charge on any atom is -1.00 e. The van der Waals surface area contributed by atoms with E-state index in [4.69, 9.17) is 9.47 Å². The minimum atomic E-state index is -0.381. The van der Waals surface area contributed by atoms with Crippen molar-refractivity contribution >= 4 is 23.3 Å². The molecule has 0 aliphatic heterocycles. The van der Waals surface area contributed by atoms with E-state index in [2.05, 4.69) is 70.1 Å². The number of hydrogen-bond acceptors (Lipinski definition) is 6. The number of aromatic nitrogens is 2. The molecule has 0 aromatic carbocycles. The standard InChI is InChI=1S/C50H76N4O4.2ClH/c1-33(2)38-16-25-50(32-57-44(55)34(3)53-28-19-36(20-29-53)51(10)11)27-26-48(8)39(43(38)50)14-15-41-47(7)23-18-42(46(5,6)40(47)17-24-49(41,48)9)58-45(56)35(4)54-30-21-37(22-31-54)52(12)13;;/h19-22,28-31,34-35,38-43H,1,14-18,23-27,32H2,2-13H3;2*1H/q+2;;/p-2/t34?,35?,38-,39+,40-,41+,42-,43+,47-,48+,49+,50+;;/m0../s1. The van der Waals surface area contributed by atoms with Crippen molar-refractivity contribution in [1.29, 1.82) is 0 Å². The van der Waals surface area contributed by atoms with Gasteiger partial charge in [-0.15, -0.1) is 0 Å². The van der Waals surface area contributed by atoms with Crippen molar-refractivity contribution in [3.05, 3.63) is 61.2 Å². The fourth-order valence-electron chi connectivity index (χ4n) is 14.5. The van der Waals surface area contributed by atoms with Gasteiger partial charge >= 0.3 is 11.9 Å². The molecule has 5 saturated carbocycles. The van der Waals surface area contributed by atoms with E-state index in [0.717, 1.165) is 43.5 Å². The van der Waals surface area contributed by atoms with Crippen LogP contribution in [0.1, 0.15) is 132 Å². The Hall–Kier alpha value is -2.84. The van der Waals surface area contributed by atoms with Gasteiger partial charge in [0.2, 0.25) is 0 Å². The fourth-order valence-corrected chi connectivity index (χ4v) is 14.5. The Kier molecular flexibility index (Phi) is 14.0. The Morgan fingerprint density at radius 3 is 1.80 bits per heavy atom. The third kappa shape index (κ3) is 7.79.